The largest absolute Gasteiger partial charge is 0.486 e. The molecule has 0 saturated carbocycles. The smallest absolute Gasteiger partial charge is 0.316 e. The Bertz CT molecular complexity index is 1260. The van der Waals surface area contributed by atoms with Crippen molar-refractivity contribution < 1.29 is 33.1 Å². The number of rotatable bonds is 9. The quantitative estimate of drug-likeness (QED) is 0.349. The molecule has 0 atom stereocenters. The Hall–Kier alpha value is -3.73. The number of hydrogen-bond acceptors (Lipinski definition) is 9. The van der Waals surface area contributed by atoms with Gasteiger partial charge in [0.2, 0.25) is 11.7 Å². The zero-order valence-corrected chi connectivity index (χ0v) is 20.4. The number of carbonyl (C=O) groups is 3. The minimum absolute atomic E-state index is 0.0334. The van der Waals surface area contributed by atoms with E-state index in [1.54, 1.807) is 19.1 Å². The third-order valence-corrected chi connectivity index (χ3v) is 6.13. The van der Waals surface area contributed by atoms with Gasteiger partial charge in [-0.05, 0) is 39.0 Å². The van der Waals surface area contributed by atoms with Crippen molar-refractivity contribution in [2.24, 2.45) is 0 Å². The Morgan fingerprint density at radius 2 is 1.83 bits per heavy atom. The number of Topliss-reactive ketones (excluding diaryl/α,β-unsaturated/α-hetero) is 1. The molecular formula is C24H25N3O7S. The summed E-state index contributed by atoms with van der Waals surface area (Å²) in [5, 5.41) is 6.24. The molecule has 1 N–H and O–H groups in total. The molecule has 0 aliphatic carbocycles. The lowest BCUT2D eigenvalue weighted by Gasteiger charge is -2.20. The second kappa shape index (κ2) is 10.7. The summed E-state index contributed by atoms with van der Waals surface area (Å²) >= 11 is 1.08. The second-order valence-electron chi connectivity index (χ2n) is 7.90. The van der Waals surface area contributed by atoms with Gasteiger partial charge in [-0.15, -0.1) is 11.8 Å². The number of thioether (sulfide) groups is 1. The van der Waals surface area contributed by atoms with E-state index in [0.29, 0.717) is 41.9 Å². The molecule has 3 aromatic rings. The fraction of sp³-hybridized carbons (Fsp3) is 0.333. The molecule has 0 unspecified atom stereocenters. The molecule has 3 heterocycles. The number of amides is 1. The highest BCUT2D eigenvalue weighted by molar-refractivity contribution is 8.00. The van der Waals surface area contributed by atoms with Crippen LogP contribution in [0.25, 0.3) is 5.69 Å². The topological polar surface area (TPSA) is 122 Å². The summed E-state index contributed by atoms with van der Waals surface area (Å²) in [5.74, 6) is 1.01. The SMILES string of the molecule is Cc1cc(NC(=O)CSCC(=O)OCC(=O)c2cc(C)n(-c3ccc4c(c3)OCCO4)c2C)no1. The van der Waals surface area contributed by atoms with Crippen molar-refractivity contribution in [1.82, 2.24) is 9.72 Å². The van der Waals surface area contributed by atoms with Crippen LogP contribution in [0, 0.1) is 20.8 Å². The molecule has 0 fully saturated rings. The Morgan fingerprint density at radius 1 is 1.06 bits per heavy atom. The van der Waals surface area contributed by atoms with E-state index < -0.39 is 5.97 Å². The summed E-state index contributed by atoms with van der Waals surface area (Å²) < 4.78 is 23.2. The minimum Gasteiger partial charge on any atom is -0.486 e. The van der Waals surface area contributed by atoms with Crippen LogP contribution in [0.1, 0.15) is 27.5 Å². The summed E-state index contributed by atoms with van der Waals surface area (Å²) in [7, 11) is 0. The van der Waals surface area contributed by atoms with E-state index in [4.69, 9.17) is 18.7 Å². The first-order valence-corrected chi connectivity index (χ1v) is 12.1. The van der Waals surface area contributed by atoms with Gasteiger partial charge in [-0.2, -0.15) is 0 Å². The van der Waals surface area contributed by atoms with Crippen LogP contribution in [0.4, 0.5) is 5.82 Å². The number of nitrogens with zero attached hydrogens (tertiary/aromatic N) is 2. The maximum atomic E-state index is 12.8. The third-order valence-electron chi connectivity index (χ3n) is 5.23. The number of ketones is 1. The van der Waals surface area contributed by atoms with Gasteiger partial charge in [0, 0.05) is 34.8 Å². The molecule has 0 saturated heterocycles. The van der Waals surface area contributed by atoms with Crippen molar-refractivity contribution in [3.63, 3.8) is 0 Å². The lowest BCUT2D eigenvalue weighted by atomic mass is 10.1. The van der Waals surface area contributed by atoms with E-state index in [1.165, 1.54) is 0 Å². The Kier molecular flexibility index (Phi) is 7.45. The van der Waals surface area contributed by atoms with Crippen molar-refractivity contribution in [2.45, 2.75) is 20.8 Å². The molecule has 4 rings (SSSR count). The molecule has 1 aliphatic rings. The fourth-order valence-corrected chi connectivity index (χ4v) is 4.32. The predicted molar refractivity (Wildman–Crippen MR) is 129 cm³/mol. The van der Waals surface area contributed by atoms with Gasteiger partial charge in [0.15, 0.2) is 23.9 Å². The van der Waals surface area contributed by atoms with Crippen LogP contribution < -0.4 is 14.8 Å². The average molecular weight is 500 g/mol. The highest BCUT2D eigenvalue weighted by Gasteiger charge is 2.20. The second-order valence-corrected chi connectivity index (χ2v) is 8.88. The van der Waals surface area contributed by atoms with E-state index in [1.807, 2.05) is 36.6 Å². The van der Waals surface area contributed by atoms with Crippen LogP contribution in [-0.4, -0.2) is 58.7 Å². The number of carbonyl (C=O) groups excluding carboxylic acids is 3. The lowest BCUT2D eigenvalue weighted by molar-refractivity contribution is -0.139. The number of hydrogen-bond donors (Lipinski definition) is 1. The van der Waals surface area contributed by atoms with Crippen molar-refractivity contribution in [2.75, 3.05) is 36.6 Å². The number of anilines is 1. The third kappa shape index (κ3) is 5.86. The van der Waals surface area contributed by atoms with Gasteiger partial charge in [-0.25, -0.2) is 0 Å². The number of ether oxygens (including phenoxy) is 3. The maximum absolute atomic E-state index is 12.8. The number of esters is 1. The highest BCUT2D eigenvalue weighted by atomic mass is 32.2. The number of fused-ring (bicyclic) bond motifs is 1. The molecule has 35 heavy (non-hydrogen) atoms. The standard InChI is InChI=1S/C24H25N3O7S/c1-14-8-18(16(3)27(14)17-4-5-20-21(10-17)32-7-6-31-20)19(28)11-33-24(30)13-35-12-23(29)25-22-9-15(2)34-26-22/h4-5,8-10H,6-7,11-13H2,1-3H3,(H,25,26,29). The first kappa shape index (κ1) is 24.4. The molecule has 1 amide bonds. The van der Waals surface area contributed by atoms with Crippen LogP contribution >= 0.6 is 11.8 Å². The number of nitrogens with one attached hydrogen (secondary N) is 1. The van der Waals surface area contributed by atoms with Crippen molar-refractivity contribution in [3.8, 4) is 17.2 Å². The molecule has 2 aromatic heterocycles. The normalized spacial score (nSPS) is 12.3. The van der Waals surface area contributed by atoms with Gasteiger partial charge in [0.1, 0.15) is 19.0 Å². The number of aromatic nitrogens is 2. The van der Waals surface area contributed by atoms with E-state index >= 15 is 0 Å². The van der Waals surface area contributed by atoms with Crippen LogP contribution in [0.15, 0.2) is 34.9 Å². The van der Waals surface area contributed by atoms with Crippen molar-refractivity contribution in [3.05, 3.63) is 53.0 Å². The molecule has 11 heteroatoms. The Balaban J connectivity index is 1.29. The summed E-state index contributed by atoms with van der Waals surface area (Å²) in [4.78, 5) is 36.7. The molecule has 10 nitrogen and oxygen atoms in total. The van der Waals surface area contributed by atoms with Gasteiger partial charge in [0.05, 0.1) is 11.5 Å². The van der Waals surface area contributed by atoms with Crippen molar-refractivity contribution in [1.29, 1.82) is 0 Å². The number of benzene rings is 1. The summed E-state index contributed by atoms with van der Waals surface area (Å²) in [5.41, 5.74) is 2.91. The molecule has 1 aromatic carbocycles. The first-order chi connectivity index (χ1) is 16.8. The molecule has 0 radical (unpaired) electrons. The minimum atomic E-state index is -0.575. The molecule has 1 aliphatic heterocycles. The van der Waals surface area contributed by atoms with E-state index in [-0.39, 0.29) is 29.8 Å². The summed E-state index contributed by atoms with van der Waals surface area (Å²) in [6.45, 7) is 6.07. The maximum Gasteiger partial charge on any atom is 0.316 e. The summed E-state index contributed by atoms with van der Waals surface area (Å²) in [6, 6.07) is 8.98. The molecule has 0 bridgehead atoms. The van der Waals surface area contributed by atoms with Gasteiger partial charge >= 0.3 is 5.97 Å². The van der Waals surface area contributed by atoms with Crippen molar-refractivity contribution >= 4 is 35.2 Å². The lowest BCUT2D eigenvalue weighted by Crippen LogP contribution is -2.18. The van der Waals surface area contributed by atoms with Crippen LogP contribution in [0.2, 0.25) is 0 Å². The molecule has 184 valence electrons. The predicted octanol–water partition coefficient (Wildman–Crippen LogP) is 3.26. The van der Waals surface area contributed by atoms with Gasteiger partial charge in [0.25, 0.3) is 0 Å². The van der Waals surface area contributed by atoms with E-state index in [2.05, 4.69) is 10.5 Å². The van der Waals surface area contributed by atoms with Crippen LogP contribution in [0.3, 0.4) is 0 Å². The van der Waals surface area contributed by atoms with E-state index in [9.17, 15) is 14.4 Å². The number of aryl methyl sites for hydroxylation is 2. The molecule has 0 spiro atoms. The monoisotopic (exact) mass is 499 g/mol. The van der Waals surface area contributed by atoms with Gasteiger partial charge < -0.3 is 28.6 Å². The van der Waals surface area contributed by atoms with Crippen LogP contribution in [-0.2, 0) is 14.3 Å². The van der Waals surface area contributed by atoms with Gasteiger partial charge in [-0.3, -0.25) is 14.4 Å². The summed E-state index contributed by atoms with van der Waals surface area (Å²) in [6.07, 6.45) is 0. The average Bonchev–Trinajstić information content (AvgIpc) is 3.38. The Morgan fingerprint density at radius 3 is 2.57 bits per heavy atom. The van der Waals surface area contributed by atoms with E-state index in [0.717, 1.165) is 28.8 Å². The first-order valence-electron chi connectivity index (χ1n) is 10.9. The van der Waals surface area contributed by atoms with Crippen LogP contribution in [0.5, 0.6) is 11.5 Å². The Labute approximate surface area is 205 Å². The van der Waals surface area contributed by atoms with Gasteiger partial charge in [-0.1, -0.05) is 5.16 Å². The zero-order chi connectivity index (χ0) is 24.9. The molecular weight excluding hydrogens is 474 g/mol. The fourth-order valence-electron chi connectivity index (χ4n) is 3.71. The zero-order valence-electron chi connectivity index (χ0n) is 19.6. The highest BCUT2D eigenvalue weighted by Crippen LogP contribution is 2.33.